The summed E-state index contributed by atoms with van der Waals surface area (Å²) >= 11 is 0. The predicted molar refractivity (Wildman–Crippen MR) is 50.1 cm³/mol. The van der Waals surface area contributed by atoms with Gasteiger partial charge >= 0.3 is 0 Å². The Labute approximate surface area is 74.8 Å². The van der Waals surface area contributed by atoms with Gasteiger partial charge in [-0.3, -0.25) is 4.90 Å². The van der Waals surface area contributed by atoms with E-state index < -0.39 is 15.4 Å². The van der Waals surface area contributed by atoms with Crippen LogP contribution in [0.4, 0.5) is 0 Å². The summed E-state index contributed by atoms with van der Waals surface area (Å²) in [5.41, 5.74) is 0. The number of hydrogen-bond donors (Lipinski definition) is 1. The van der Waals surface area contributed by atoms with E-state index in [1.54, 1.807) is 6.92 Å². The molecule has 12 heavy (non-hydrogen) atoms. The molecule has 0 amide bonds. The molecule has 0 aromatic rings. The van der Waals surface area contributed by atoms with E-state index in [9.17, 15) is 8.42 Å². The lowest BCUT2D eigenvalue weighted by Gasteiger charge is -2.29. The second kappa shape index (κ2) is 4.20. The molecule has 0 saturated heterocycles. The maximum absolute atomic E-state index is 11.0. The summed E-state index contributed by atoms with van der Waals surface area (Å²) in [4.78, 5) is 1.83. The van der Waals surface area contributed by atoms with Crippen molar-refractivity contribution in [2.24, 2.45) is 5.14 Å². The molecule has 2 N–H and O–H groups in total. The van der Waals surface area contributed by atoms with Crippen LogP contribution in [0.5, 0.6) is 0 Å². The first-order valence-electron chi connectivity index (χ1n) is 4.08. The fourth-order valence-corrected chi connectivity index (χ4v) is 2.00. The zero-order valence-corrected chi connectivity index (χ0v) is 8.93. The average molecular weight is 194 g/mol. The van der Waals surface area contributed by atoms with Gasteiger partial charge in [-0.25, -0.2) is 13.6 Å². The molecule has 0 rings (SSSR count). The first kappa shape index (κ1) is 11.9. The van der Waals surface area contributed by atoms with Crippen molar-refractivity contribution in [3.05, 3.63) is 0 Å². The second-order valence-electron chi connectivity index (χ2n) is 3.11. The molecule has 0 aliphatic carbocycles. The van der Waals surface area contributed by atoms with E-state index in [1.807, 2.05) is 25.7 Å². The highest BCUT2D eigenvalue weighted by molar-refractivity contribution is 7.89. The van der Waals surface area contributed by atoms with Crippen molar-refractivity contribution < 1.29 is 8.42 Å². The van der Waals surface area contributed by atoms with Gasteiger partial charge in [-0.2, -0.15) is 0 Å². The molecule has 0 aliphatic heterocycles. The van der Waals surface area contributed by atoms with Gasteiger partial charge in [0.05, 0.1) is 0 Å². The van der Waals surface area contributed by atoms with Crippen molar-refractivity contribution in [2.75, 3.05) is 6.54 Å². The molecule has 0 spiro atoms. The Hall–Kier alpha value is -0.130. The minimum atomic E-state index is -3.43. The summed E-state index contributed by atoms with van der Waals surface area (Å²) < 4.78 is 21.9. The number of nitrogens with zero attached hydrogens (tertiary/aromatic N) is 1. The molecule has 0 saturated carbocycles. The SMILES string of the molecule is CCN(C(C)C)C(C)S(N)(=O)=O. The summed E-state index contributed by atoms with van der Waals surface area (Å²) in [6, 6.07) is 0.198. The Morgan fingerprint density at radius 2 is 1.75 bits per heavy atom. The van der Waals surface area contributed by atoms with Gasteiger partial charge in [0.25, 0.3) is 0 Å². The Bertz CT molecular complexity index is 224. The highest BCUT2D eigenvalue weighted by Gasteiger charge is 2.24. The Morgan fingerprint density at radius 1 is 1.33 bits per heavy atom. The van der Waals surface area contributed by atoms with Gasteiger partial charge in [0.15, 0.2) is 0 Å². The van der Waals surface area contributed by atoms with Crippen molar-refractivity contribution >= 4 is 10.0 Å². The third-order valence-electron chi connectivity index (χ3n) is 1.97. The number of rotatable bonds is 4. The fourth-order valence-electron chi connectivity index (χ4n) is 1.23. The third-order valence-corrected chi connectivity index (χ3v) is 3.19. The van der Waals surface area contributed by atoms with Gasteiger partial charge < -0.3 is 0 Å². The van der Waals surface area contributed by atoms with Crippen molar-refractivity contribution in [3.8, 4) is 0 Å². The maximum atomic E-state index is 11.0. The van der Waals surface area contributed by atoms with Gasteiger partial charge in [0.1, 0.15) is 5.37 Å². The van der Waals surface area contributed by atoms with Crippen LogP contribution in [0.3, 0.4) is 0 Å². The van der Waals surface area contributed by atoms with Crippen LogP contribution in [-0.4, -0.2) is 31.3 Å². The summed E-state index contributed by atoms with van der Waals surface area (Å²) in [5.74, 6) is 0. The number of nitrogens with two attached hydrogens (primary N) is 1. The van der Waals surface area contributed by atoms with E-state index in [4.69, 9.17) is 5.14 Å². The fraction of sp³-hybridized carbons (Fsp3) is 1.00. The summed E-state index contributed by atoms with van der Waals surface area (Å²) in [6.07, 6.45) is 0. The van der Waals surface area contributed by atoms with Crippen LogP contribution in [0.2, 0.25) is 0 Å². The molecule has 74 valence electrons. The zero-order chi connectivity index (χ0) is 9.94. The Kier molecular flexibility index (Phi) is 4.16. The monoisotopic (exact) mass is 194 g/mol. The van der Waals surface area contributed by atoms with E-state index in [2.05, 4.69) is 0 Å². The smallest absolute Gasteiger partial charge is 0.225 e. The lowest BCUT2D eigenvalue weighted by molar-refractivity contribution is 0.219. The molecule has 0 aromatic heterocycles. The summed E-state index contributed by atoms with van der Waals surface area (Å²) in [5, 5.41) is 4.43. The standard InChI is InChI=1S/C7H18N2O2S/c1-5-9(6(2)3)7(4)12(8,10)11/h6-7H,5H2,1-4H3,(H2,8,10,11). The molecular formula is C7H18N2O2S. The van der Waals surface area contributed by atoms with Crippen LogP contribution in [0.25, 0.3) is 0 Å². The van der Waals surface area contributed by atoms with E-state index in [1.165, 1.54) is 0 Å². The van der Waals surface area contributed by atoms with Crippen molar-refractivity contribution in [3.63, 3.8) is 0 Å². The average Bonchev–Trinajstić information content (AvgIpc) is 1.86. The van der Waals surface area contributed by atoms with Gasteiger partial charge in [-0.05, 0) is 27.3 Å². The molecule has 0 aliphatic rings. The summed E-state index contributed by atoms with van der Waals surface area (Å²) in [6.45, 7) is 8.12. The Balaban J connectivity index is 4.54. The van der Waals surface area contributed by atoms with E-state index >= 15 is 0 Å². The highest BCUT2D eigenvalue weighted by atomic mass is 32.2. The van der Waals surface area contributed by atoms with Gasteiger partial charge in [-0.15, -0.1) is 0 Å². The van der Waals surface area contributed by atoms with Gasteiger partial charge in [0, 0.05) is 6.04 Å². The van der Waals surface area contributed by atoms with Gasteiger partial charge in [-0.1, -0.05) is 6.92 Å². The minimum absolute atomic E-state index is 0.198. The first-order valence-corrected chi connectivity index (χ1v) is 5.69. The van der Waals surface area contributed by atoms with E-state index in [0.717, 1.165) is 0 Å². The molecule has 0 radical (unpaired) electrons. The van der Waals surface area contributed by atoms with Crippen LogP contribution in [0.1, 0.15) is 27.7 Å². The van der Waals surface area contributed by atoms with E-state index in [0.29, 0.717) is 6.54 Å². The van der Waals surface area contributed by atoms with Crippen LogP contribution >= 0.6 is 0 Å². The second-order valence-corrected chi connectivity index (χ2v) is 4.97. The molecule has 1 unspecified atom stereocenters. The van der Waals surface area contributed by atoms with Crippen LogP contribution in [0.15, 0.2) is 0 Å². The highest BCUT2D eigenvalue weighted by Crippen LogP contribution is 2.07. The first-order chi connectivity index (χ1) is 5.30. The van der Waals surface area contributed by atoms with Crippen LogP contribution in [-0.2, 0) is 10.0 Å². The van der Waals surface area contributed by atoms with Gasteiger partial charge in [0.2, 0.25) is 10.0 Å². The summed E-state index contributed by atoms with van der Waals surface area (Å²) in [7, 11) is -3.43. The number of hydrogen-bond acceptors (Lipinski definition) is 3. The molecular weight excluding hydrogens is 176 g/mol. The zero-order valence-electron chi connectivity index (χ0n) is 8.11. The quantitative estimate of drug-likeness (QED) is 0.702. The number of sulfonamides is 1. The molecule has 1 atom stereocenters. The van der Waals surface area contributed by atoms with Crippen LogP contribution in [0, 0.1) is 0 Å². The molecule has 0 aromatic carbocycles. The lowest BCUT2D eigenvalue weighted by atomic mass is 10.3. The third kappa shape index (κ3) is 3.08. The molecule has 0 fully saturated rings. The van der Waals surface area contributed by atoms with Crippen LogP contribution < -0.4 is 5.14 Å². The minimum Gasteiger partial charge on any atom is -0.284 e. The largest absolute Gasteiger partial charge is 0.284 e. The van der Waals surface area contributed by atoms with E-state index in [-0.39, 0.29) is 6.04 Å². The molecule has 4 nitrogen and oxygen atoms in total. The molecule has 5 heteroatoms. The van der Waals surface area contributed by atoms with Crippen molar-refractivity contribution in [2.45, 2.75) is 39.1 Å². The lowest BCUT2D eigenvalue weighted by Crippen LogP contribution is -2.45. The Morgan fingerprint density at radius 3 is 1.83 bits per heavy atom. The predicted octanol–water partition coefficient (Wildman–Crippen LogP) is 0.351. The van der Waals surface area contributed by atoms with Crippen molar-refractivity contribution in [1.29, 1.82) is 0 Å². The molecule has 0 bridgehead atoms. The number of primary sulfonamides is 1. The maximum Gasteiger partial charge on any atom is 0.225 e. The topological polar surface area (TPSA) is 63.4 Å². The molecule has 0 heterocycles. The normalized spacial score (nSPS) is 15.6. The van der Waals surface area contributed by atoms with Crippen molar-refractivity contribution in [1.82, 2.24) is 4.90 Å².